The highest BCUT2D eigenvalue weighted by molar-refractivity contribution is 9.10. The molecule has 23 heavy (non-hydrogen) atoms. The van der Waals surface area contributed by atoms with Gasteiger partial charge in [-0.15, -0.1) is 12.4 Å². The van der Waals surface area contributed by atoms with Crippen LogP contribution in [0.4, 0.5) is 0 Å². The number of sulfonamides is 1. The highest BCUT2D eigenvalue weighted by Gasteiger charge is 2.17. The second kappa shape index (κ2) is 9.58. The molecule has 1 amide bonds. The van der Waals surface area contributed by atoms with Crippen LogP contribution in [0.15, 0.2) is 33.6 Å². The zero-order valence-electron chi connectivity index (χ0n) is 12.6. The number of amides is 1. The highest BCUT2D eigenvalue weighted by atomic mass is 79.9. The second-order valence-electron chi connectivity index (χ2n) is 5.09. The highest BCUT2D eigenvalue weighted by Crippen LogP contribution is 2.14. The molecule has 1 aliphatic rings. The number of rotatable bonds is 5. The Morgan fingerprint density at radius 2 is 1.91 bits per heavy atom. The molecule has 1 aromatic carbocycles. The normalized spacial score (nSPS) is 15.6. The van der Waals surface area contributed by atoms with Gasteiger partial charge in [-0.25, -0.2) is 13.1 Å². The second-order valence-corrected chi connectivity index (χ2v) is 7.77. The van der Waals surface area contributed by atoms with Gasteiger partial charge in [0.1, 0.15) is 0 Å². The van der Waals surface area contributed by atoms with Crippen molar-refractivity contribution in [2.75, 3.05) is 32.7 Å². The summed E-state index contributed by atoms with van der Waals surface area (Å²) >= 11 is 3.26. The van der Waals surface area contributed by atoms with Crippen LogP contribution in [0.5, 0.6) is 0 Å². The first-order valence-electron chi connectivity index (χ1n) is 7.23. The lowest BCUT2D eigenvalue weighted by Crippen LogP contribution is -2.36. The lowest BCUT2D eigenvalue weighted by atomic mass is 10.3. The van der Waals surface area contributed by atoms with E-state index in [1.165, 1.54) is 12.1 Å². The maximum Gasteiger partial charge on any atom is 0.240 e. The average Bonchev–Trinajstić information content (AvgIpc) is 2.76. The van der Waals surface area contributed by atoms with Crippen LogP contribution in [-0.2, 0) is 14.8 Å². The van der Waals surface area contributed by atoms with Gasteiger partial charge in [0.25, 0.3) is 0 Å². The SMILES string of the molecule is Cl.O=C(CCNS(=O)(=O)c1ccc(Br)cc1)N1CCCNCC1. The molecule has 0 spiro atoms. The molecule has 0 atom stereocenters. The molecular weight excluding hydrogens is 406 g/mol. The lowest BCUT2D eigenvalue weighted by molar-refractivity contribution is -0.130. The molecule has 1 aromatic rings. The van der Waals surface area contributed by atoms with Crippen LogP contribution in [0.1, 0.15) is 12.8 Å². The minimum absolute atomic E-state index is 0. The van der Waals surface area contributed by atoms with Gasteiger partial charge < -0.3 is 10.2 Å². The summed E-state index contributed by atoms with van der Waals surface area (Å²) in [6.07, 6.45) is 1.10. The topological polar surface area (TPSA) is 78.5 Å². The molecule has 1 saturated heterocycles. The number of carbonyl (C=O) groups excluding carboxylic acids is 1. The summed E-state index contributed by atoms with van der Waals surface area (Å²) in [5.41, 5.74) is 0. The molecule has 1 aliphatic heterocycles. The largest absolute Gasteiger partial charge is 0.341 e. The van der Waals surface area contributed by atoms with E-state index in [2.05, 4.69) is 26.0 Å². The summed E-state index contributed by atoms with van der Waals surface area (Å²) in [6, 6.07) is 6.39. The van der Waals surface area contributed by atoms with Gasteiger partial charge in [-0.1, -0.05) is 15.9 Å². The molecule has 130 valence electrons. The Morgan fingerprint density at radius 1 is 1.22 bits per heavy atom. The Morgan fingerprint density at radius 3 is 2.61 bits per heavy atom. The van der Waals surface area contributed by atoms with Crippen molar-refractivity contribution in [1.29, 1.82) is 0 Å². The van der Waals surface area contributed by atoms with Crippen LogP contribution in [0.3, 0.4) is 0 Å². The molecule has 0 radical (unpaired) electrons. The van der Waals surface area contributed by atoms with Gasteiger partial charge in [-0.05, 0) is 37.2 Å². The summed E-state index contributed by atoms with van der Waals surface area (Å²) in [6.45, 7) is 3.22. The van der Waals surface area contributed by atoms with Crippen LogP contribution in [0.25, 0.3) is 0 Å². The van der Waals surface area contributed by atoms with Gasteiger partial charge in [0, 0.05) is 37.1 Å². The number of hydrogen-bond acceptors (Lipinski definition) is 4. The number of nitrogens with one attached hydrogen (secondary N) is 2. The molecule has 2 rings (SSSR count). The molecule has 1 fully saturated rings. The van der Waals surface area contributed by atoms with E-state index in [9.17, 15) is 13.2 Å². The summed E-state index contributed by atoms with van der Waals surface area (Å²) in [7, 11) is -3.56. The van der Waals surface area contributed by atoms with Crippen molar-refractivity contribution in [3.05, 3.63) is 28.7 Å². The lowest BCUT2D eigenvalue weighted by Gasteiger charge is -2.19. The molecule has 1 heterocycles. The van der Waals surface area contributed by atoms with Crippen molar-refractivity contribution in [2.45, 2.75) is 17.7 Å². The third kappa shape index (κ3) is 6.39. The maximum atomic E-state index is 12.1. The standard InChI is InChI=1S/C14H20BrN3O3S.ClH/c15-12-2-4-13(5-3-12)22(20,21)17-8-6-14(19)18-10-1-7-16-9-11-18;/h2-5,16-17H,1,6-11H2;1H. The van der Waals surface area contributed by atoms with E-state index in [1.54, 1.807) is 17.0 Å². The molecule has 0 aliphatic carbocycles. The van der Waals surface area contributed by atoms with E-state index in [-0.39, 0.29) is 36.2 Å². The van der Waals surface area contributed by atoms with Gasteiger partial charge >= 0.3 is 0 Å². The number of carbonyl (C=O) groups is 1. The van der Waals surface area contributed by atoms with Crippen molar-refractivity contribution in [3.8, 4) is 0 Å². The molecule has 6 nitrogen and oxygen atoms in total. The number of halogens is 2. The van der Waals surface area contributed by atoms with Crippen molar-refractivity contribution < 1.29 is 13.2 Å². The van der Waals surface area contributed by atoms with E-state index in [4.69, 9.17) is 0 Å². The Balaban J connectivity index is 0.00000264. The smallest absolute Gasteiger partial charge is 0.240 e. The Bertz CT molecular complexity index is 602. The summed E-state index contributed by atoms with van der Waals surface area (Å²) < 4.78 is 27.5. The van der Waals surface area contributed by atoms with E-state index >= 15 is 0 Å². The Kier molecular flexibility index (Phi) is 8.49. The van der Waals surface area contributed by atoms with E-state index in [0.717, 1.165) is 30.5 Å². The van der Waals surface area contributed by atoms with Crippen LogP contribution in [0.2, 0.25) is 0 Å². The van der Waals surface area contributed by atoms with Crippen LogP contribution >= 0.6 is 28.3 Å². The predicted molar refractivity (Wildman–Crippen MR) is 95.3 cm³/mol. The minimum atomic E-state index is -3.56. The van der Waals surface area contributed by atoms with Crippen molar-refractivity contribution in [1.82, 2.24) is 14.9 Å². The number of hydrogen-bond donors (Lipinski definition) is 2. The quantitative estimate of drug-likeness (QED) is 0.745. The van der Waals surface area contributed by atoms with Crippen molar-refractivity contribution in [3.63, 3.8) is 0 Å². The Hall–Kier alpha value is -0.670. The first-order valence-corrected chi connectivity index (χ1v) is 9.50. The van der Waals surface area contributed by atoms with Crippen LogP contribution in [-0.4, -0.2) is 51.9 Å². The fraction of sp³-hybridized carbons (Fsp3) is 0.500. The molecule has 2 N–H and O–H groups in total. The van der Waals surface area contributed by atoms with E-state index in [0.29, 0.717) is 6.54 Å². The van der Waals surface area contributed by atoms with Gasteiger partial charge in [0.15, 0.2) is 0 Å². The van der Waals surface area contributed by atoms with E-state index < -0.39 is 10.0 Å². The van der Waals surface area contributed by atoms with Gasteiger partial charge in [0.05, 0.1) is 4.90 Å². The van der Waals surface area contributed by atoms with Gasteiger partial charge in [0.2, 0.25) is 15.9 Å². The van der Waals surface area contributed by atoms with Gasteiger partial charge in [-0.2, -0.15) is 0 Å². The molecule has 0 aromatic heterocycles. The minimum Gasteiger partial charge on any atom is -0.341 e. The third-order valence-electron chi connectivity index (χ3n) is 3.45. The predicted octanol–water partition coefficient (Wildman–Crippen LogP) is 1.36. The van der Waals surface area contributed by atoms with Gasteiger partial charge in [-0.3, -0.25) is 4.79 Å². The zero-order chi connectivity index (χ0) is 16.0. The van der Waals surface area contributed by atoms with E-state index in [1.807, 2.05) is 0 Å². The summed E-state index contributed by atoms with van der Waals surface area (Å²) in [5.74, 6) is -0.0118. The first-order chi connectivity index (χ1) is 10.5. The van der Waals surface area contributed by atoms with Crippen molar-refractivity contribution in [2.24, 2.45) is 0 Å². The maximum absolute atomic E-state index is 12.1. The fourth-order valence-electron chi connectivity index (χ4n) is 2.24. The summed E-state index contributed by atoms with van der Waals surface area (Å²) in [5, 5.41) is 3.23. The average molecular weight is 427 g/mol. The Labute approximate surface area is 151 Å². The molecular formula is C14H21BrClN3O3S. The zero-order valence-corrected chi connectivity index (χ0v) is 15.8. The monoisotopic (exact) mass is 425 g/mol. The van der Waals surface area contributed by atoms with Crippen LogP contribution < -0.4 is 10.0 Å². The van der Waals surface area contributed by atoms with Crippen LogP contribution in [0, 0.1) is 0 Å². The third-order valence-corrected chi connectivity index (χ3v) is 5.45. The molecule has 0 unspecified atom stereocenters. The molecule has 9 heteroatoms. The number of benzene rings is 1. The fourth-order valence-corrected chi connectivity index (χ4v) is 3.54. The first kappa shape index (κ1) is 20.4. The van der Waals surface area contributed by atoms with Crippen molar-refractivity contribution >= 4 is 44.3 Å². The molecule has 0 bridgehead atoms. The molecule has 0 saturated carbocycles. The summed E-state index contributed by atoms with van der Waals surface area (Å²) in [4.78, 5) is 14.1. The number of nitrogens with zero attached hydrogens (tertiary/aromatic N) is 1.